The molecule has 1 fully saturated rings. The molecule has 26 heavy (non-hydrogen) atoms. The molecule has 1 heterocycles. The summed E-state index contributed by atoms with van der Waals surface area (Å²) in [4.78, 5) is 4.42. The van der Waals surface area contributed by atoms with Crippen LogP contribution in [0, 0.1) is 5.92 Å². The van der Waals surface area contributed by atoms with Crippen LogP contribution in [-0.4, -0.2) is 36.3 Å². The van der Waals surface area contributed by atoms with Crippen molar-refractivity contribution in [1.82, 2.24) is 20.8 Å². The van der Waals surface area contributed by atoms with Gasteiger partial charge in [-0.1, -0.05) is 18.2 Å². The number of hydrogen-bond donors (Lipinski definition) is 3. The Morgan fingerprint density at radius 3 is 2.69 bits per heavy atom. The third kappa shape index (κ3) is 3.60. The Morgan fingerprint density at radius 2 is 2.12 bits per heavy atom. The summed E-state index contributed by atoms with van der Waals surface area (Å²) < 4.78 is 13.6. The molecule has 2 aromatic rings. The number of likely N-dealkylation sites (N-methyl/N-ethyl adjacent to an activating group) is 1. The number of rotatable bonds is 6. The van der Waals surface area contributed by atoms with Gasteiger partial charge in [-0.25, -0.2) is 9.38 Å². The van der Waals surface area contributed by atoms with Crippen molar-refractivity contribution in [1.29, 1.82) is 0 Å². The molecule has 0 saturated heterocycles. The maximum atomic E-state index is 13.6. The van der Waals surface area contributed by atoms with Crippen LogP contribution in [0.3, 0.4) is 0 Å². The van der Waals surface area contributed by atoms with E-state index in [0.29, 0.717) is 16.8 Å². The fourth-order valence-electron chi connectivity index (χ4n) is 2.95. The van der Waals surface area contributed by atoms with Crippen molar-refractivity contribution >= 4 is 33.9 Å². The van der Waals surface area contributed by atoms with Crippen LogP contribution < -0.4 is 10.6 Å². The summed E-state index contributed by atoms with van der Waals surface area (Å²) in [6.45, 7) is 5.16. The number of nitrogens with one attached hydrogen (secondary N) is 3. The summed E-state index contributed by atoms with van der Waals surface area (Å²) in [6, 6.07) is 3.89. The first-order valence-corrected chi connectivity index (χ1v) is 8.98. The Labute approximate surface area is 157 Å². The fraction of sp³-hybridized carbons (Fsp3) is 0.368. The van der Waals surface area contributed by atoms with Gasteiger partial charge in [0.25, 0.3) is 0 Å². The molecule has 3 N–H and O–H groups in total. The molecule has 0 amide bonds. The van der Waals surface area contributed by atoms with E-state index in [0.717, 1.165) is 40.6 Å². The molecule has 1 aliphatic rings. The molecule has 0 spiro atoms. The molecule has 1 aromatic carbocycles. The molecule has 3 rings (SSSR count). The average molecular weight is 376 g/mol. The van der Waals surface area contributed by atoms with Crippen LogP contribution in [-0.2, 0) is 0 Å². The lowest BCUT2D eigenvalue weighted by Gasteiger charge is -2.18. The number of hydrogen-bond acceptors (Lipinski definition) is 3. The molecule has 1 aromatic heterocycles. The maximum Gasteiger partial charge on any atom is 0.139 e. The zero-order valence-corrected chi connectivity index (χ0v) is 15.9. The van der Waals surface area contributed by atoms with Gasteiger partial charge in [0.1, 0.15) is 12.0 Å². The number of aromatic nitrogens is 2. The van der Waals surface area contributed by atoms with Crippen molar-refractivity contribution in [2.24, 2.45) is 10.9 Å². The minimum absolute atomic E-state index is 0.175. The molecule has 7 heteroatoms. The van der Waals surface area contributed by atoms with Gasteiger partial charge in [-0.3, -0.25) is 5.10 Å². The van der Waals surface area contributed by atoms with E-state index in [9.17, 15) is 4.39 Å². The van der Waals surface area contributed by atoms with Gasteiger partial charge >= 0.3 is 0 Å². The van der Waals surface area contributed by atoms with Crippen LogP contribution in [0.4, 0.5) is 4.39 Å². The van der Waals surface area contributed by atoms with Crippen LogP contribution in [0.1, 0.15) is 25.3 Å². The van der Waals surface area contributed by atoms with Gasteiger partial charge in [0.05, 0.1) is 22.4 Å². The fourth-order valence-corrected chi connectivity index (χ4v) is 3.22. The number of halogens is 2. The van der Waals surface area contributed by atoms with Crippen LogP contribution >= 0.6 is 11.6 Å². The number of allylic oxidation sites excluding steroid dienone is 2. The number of fused-ring (bicyclic) bond motifs is 1. The second kappa shape index (κ2) is 7.50. The lowest BCUT2D eigenvalue weighted by Crippen LogP contribution is -2.25. The zero-order chi connectivity index (χ0) is 18.8. The highest BCUT2D eigenvalue weighted by molar-refractivity contribution is 6.36. The van der Waals surface area contributed by atoms with E-state index >= 15 is 0 Å². The van der Waals surface area contributed by atoms with E-state index < -0.39 is 6.17 Å². The van der Waals surface area contributed by atoms with Crippen molar-refractivity contribution in [2.45, 2.75) is 25.9 Å². The standard InChI is InChI=1S/C19H23ClFN5/c1-10(21)11(2)25-19(23-4)16(18(22-3)12-5-6-12)13-7-14-9-24-26-17(14)15(20)8-13/h7-10,12,22H,2,5-6H2,1,3-4H3,(H,23,25)(H,24,26)/b18-16-. The average Bonchev–Trinajstić information content (AvgIpc) is 3.33. The van der Waals surface area contributed by atoms with Crippen LogP contribution in [0.25, 0.3) is 16.5 Å². The number of benzene rings is 1. The molecule has 1 aliphatic carbocycles. The Bertz CT molecular complexity index is 892. The zero-order valence-electron chi connectivity index (χ0n) is 15.2. The summed E-state index contributed by atoms with van der Waals surface area (Å²) in [5.41, 5.74) is 3.80. The summed E-state index contributed by atoms with van der Waals surface area (Å²) >= 11 is 6.44. The molecule has 0 bridgehead atoms. The molecule has 0 aliphatic heterocycles. The molecule has 1 saturated carbocycles. The number of nitrogens with zero attached hydrogens (tertiary/aromatic N) is 2. The summed E-state index contributed by atoms with van der Waals surface area (Å²) in [7, 11) is 3.67. The maximum absolute atomic E-state index is 13.6. The minimum atomic E-state index is -1.22. The Hall–Kier alpha value is -2.34. The van der Waals surface area contributed by atoms with Crippen LogP contribution in [0.15, 0.2) is 41.3 Å². The second-order valence-electron chi connectivity index (χ2n) is 6.42. The molecular formula is C19H23ClFN5. The van der Waals surface area contributed by atoms with E-state index in [1.807, 2.05) is 19.2 Å². The third-order valence-corrected chi connectivity index (χ3v) is 4.80. The number of alkyl halides is 1. The first-order chi connectivity index (χ1) is 12.5. The largest absolute Gasteiger partial charge is 0.391 e. The van der Waals surface area contributed by atoms with Crippen molar-refractivity contribution < 1.29 is 4.39 Å². The summed E-state index contributed by atoms with van der Waals surface area (Å²) in [5.74, 6) is 0.998. The summed E-state index contributed by atoms with van der Waals surface area (Å²) in [6.07, 6.45) is 2.73. The number of amidine groups is 1. The number of aromatic amines is 1. The normalized spacial score (nSPS) is 17.0. The smallest absolute Gasteiger partial charge is 0.139 e. The SMILES string of the molecule is C=C(/N=C(NC)/C(=C(\NC)C1CC1)c1cc(Cl)c2[nH]ncc2c1)C(C)F. The van der Waals surface area contributed by atoms with Crippen molar-refractivity contribution in [3.8, 4) is 0 Å². The third-order valence-electron chi connectivity index (χ3n) is 4.50. The summed E-state index contributed by atoms with van der Waals surface area (Å²) in [5, 5.41) is 14.9. The topological polar surface area (TPSA) is 65.1 Å². The van der Waals surface area contributed by atoms with E-state index in [1.54, 1.807) is 13.2 Å². The van der Waals surface area contributed by atoms with E-state index in [4.69, 9.17) is 11.6 Å². The van der Waals surface area contributed by atoms with E-state index in [1.165, 1.54) is 6.92 Å². The van der Waals surface area contributed by atoms with Crippen molar-refractivity contribution in [2.75, 3.05) is 14.1 Å². The minimum Gasteiger partial charge on any atom is -0.391 e. The van der Waals surface area contributed by atoms with Crippen LogP contribution in [0.5, 0.6) is 0 Å². The molecule has 0 radical (unpaired) electrons. The first-order valence-electron chi connectivity index (χ1n) is 8.60. The predicted molar refractivity (Wildman–Crippen MR) is 106 cm³/mol. The Balaban J connectivity index is 2.22. The van der Waals surface area contributed by atoms with Crippen LogP contribution in [0.2, 0.25) is 5.02 Å². The molecule has 5 nitrogen and oxygen atoms in total. The molecule has 1 unspecified atom stereocenters. The predicted octanol–water partition coefficient (Wildman–Crippen LogP) is 4.05. The molecule has 138 valence electrons. The van der Waals surface area contributed by atoms with Gasteiger partial charge in [-0.15, -0.1) is 0 Å². The van der Waals surface area contributed by atoms with Gasteiger partial charge in [-0.05, 0) is 43.4 Å². The lowest BCUT2D eigenvalue weighted by atomic mass is 9.98. The highest BCUT2D eigenvalue weighted by Crippen LogP contribution is 2.40. The first kappa shape index (κ1) is 18.5. The highest BCUT2D eigenvalue weighted by atomic mass is 35.5. The van der Waals surface area contributed by atoms with Crippen molar-refractivity contribution in [3.63, 3.8) is 0 Å². The lowest BCUT2D eigenvalue weighted by molar-refractivity contribution is 0.409. The van der Waals surface area contributed by atoms with Gasteiger partial charge in [0, 0.05) is 30.8 Å². The van der Waals surface area contributed by atoms with Crippen molar-refractivity contribution in [3.05, 3.63) is 46.9 Å². The number of aliphatic imine (C=N–C) groups is 1. The van der Waals surface area contributed by atoms with E-state index in [2.05, 4.69) is 32.4 Å². The van der Waals surface area contributed by atoms with Gasteiger partial charge in [0.2, 0.25) is 0 Å². The monoisotopic (exact) mass is 375 g/mol. The number of H-pyrrole nitrogens is 1. The van der Waals surface area contributed by atoms with Gasteiger partial charge in [-0.2, -0.15) is 5.10 Å². The van der Waals surface area contributed by atoms with Gasteiger partial charge in [0.15, 0.2) is 0 Å². The van der Waals surface area contributed by atoms with Gasteiger partial charge < -0.3 is 10.6 Å². The molecular weight excluding hydrogens is 353 g/mol. The van der Waals surface area contributed by atoms with E-state index in [-0.39, 0.29) is 5.70 Å². The second-order valence-corrected chi connectivity index (χ2v) is 6.83. The Morgan fingerprint density at radius 1 is 1.38 bits per heavy atom. The molecule has 1 atom stereocenters. The Kier molecular flexibility index (Phi) is 5.32. The highest BCUT2D eigenvalue weighted by Gasteiger charge is 2.30. The quantitative estimate of drug-likeness (QED) is 0.527.